The predicted molar refractivity (Wildman–Crippen MR) is 149 cm³/mol. The molecule has 13 nitrogen and oxygen atoms in total. The molecule has 2 saturated heterocycles. The van der Waals surface area contributed by atoms with E-state index in [4.69, 9.17) is 20.3 Å². The Hall–Kier alpha value is -3.86. The van der Waals surface area contributed by atoms with E-state index in [-0.39, 0.29) is 11.8 Å². The molecule has 0 saturated carbocycles. The number of hydrogen-bond acceptors (Lipinski definition) is 12. The van der Waals surface area contributed by atoms with E-state index in [9.17, 15) is 13.6 Å². The fourth-order valence-electron chi connectivity index (χ4n) is 5.22. The molecule has 2 unspecified atom stereocenters. The number of alkyl halides is 1. The van der Waals surface area contributed by atoms with Crippen molar-refractivity contribution in [2.24, 2.45) is 15.8 Å². The average molecular weight is 589 g/mol. The Morgan fingerprint density at radius 2 is 2.02 bits per heavy atom. The molecule has 2 aromatic rings. The smallest absolute Gasteiger partial charge is 0.341 e. The van der Waals surface area contributed by atoms with Crippen LogP contribution >= 0.6 is 11.3 Å². The third kappa shape index (κ3) is 4.96. The van der Waals surface area contributed by atoms with Crippen LogP contribution in [0.2, 0.25) is 0 Å². The molecule has 2 amide bonds. The summed E-state index contributed by atoms with van der Waals surface area (Å²) in [6.07, 6.45) is 1.49. The van der Waals surface area contributed by atoms with E-state index >= 15 is 0 Å². The average Bonchev–Trinajstić information content (AvgIpc) is 3.71. The molecular weight excluding hydrogens is 558 g/mol. The molecule has 218 valence electrons. The third-order valence-corrected chi connectivity index (χ3v) is 8.17. The summed E-state index contributed by atoms with van der Waals surface area (Å²) in [5.41, 5.74) is 1.99. The first-order valence-electron chi connectivity index (χ1n) is 13.1. The van der Waals surface area contributed by atoms with Crippen LogP contribution in [0.3, 0.4) is 0 Å². The largest absolute Gasteiger partial charge is 0.459 e. The highest BCUT2D eigenvalue weighted by atomic mass is 32.1. The first kappa shape index (κ1) is 27.3. The zero-order valence-corrected chi connectivity index (χ0v) is 23.4. The topological polar surface area (TPSA) is 119 Å². The predicted octanol–water partition coefficient (Wildman–Crippen LogP) is 1.59. The van der Waals surface area contributed by atoms with Crippen LogP contribution in [0.25, 0.3) is 5.70 Å². The summed E-state index contributed by atoms with van der Waals surface area (Å²) in [6.45, 7) is 3.06. The molecular formula is C25H30F2N10O3S. The fraction of sp³-hybridized carbons (Fsp3) is 0.440. The van der Waals surface area contributed by atoms with Gasteiger partial charge >= 0.3 is 6.03 Å². The van der Waals surface area contributed by atoms with Gasteiger partial charge in [-0.2, -0.15) is 0 Å². The molecule has 6 rings (SSSR count). The highest BCUT2D eigenvalue weighted by molar-refractivity contribution is 7.10. The van der Waals surface area contributed by atoms with Crippen molar-refractivity contribution < 1.29 is 23.0 Å². The second kappa shape index (κ2) is 11.2. The number of aliphatic imine (C=N–C) groups is 2. The number of nitrogens with zero attached hydrogens (tertiary/aromatic N) is 9. The lowest BCUT2D eigenvalue weighted by Crippen LogP contribution is -2.49. The number of fused-ring (bicyclic) bond motifs is 3. The molecule has 1 aromatic carbocycles. The molecule has 1 aromatic heterocycles. The minimum Gasteiger partial charge on any atom is -0.459 e. The van der Waals surface area contributed by atoms with Crippen LogP contribution in [0.5, 0.6) is 5.75 Å². The van der Waals surface area contributed by atoms with Crippen LogP contribution in [0.4, 0.5) is 19.3 Å². The van der Waals surface area contributed by atoms with Crippen LogP contribution < -0.4 is 15.5 Å². The van der Waals surface area contributed by atoms with Gasteiger partial charge in [0.25, 0.3) is 0 Å². The SMILES string of the molecule is COC(CF)Oc1ccc(N2CCN(CCN3C(=O)N(C)N4C5=C(c6nccs6)N=CN(N)C5=NC34)CC2)cc1F. The number of anilines is 1. The van der Waals surface area contributed by atoms with Crippen molar-refractivity contribution in [3.63, 3.8) is 0 Å². The molecule has 2 fully saturated rings. The van der Waals surface area contributed by atoms with Crippen molar-refractivity contribution in [3.05, 3.63) is 46.3 Å². The summed E-state index contributed by atoms with van der Waals surface area (Å²) in [7, 11) is 3.01. The number of urea groups is 1. The molecule has 16 heteroatoms. The first-order chi connectivity index (χ1) is 19.9. The van der Waals surface area contributed by atoms with Gasteiger partial charge < -0.3 is 14.4 Å². The van der Waals surface area contributed by atoms with E-state index in [1.54, 1.807) is 29.2 Å². The molecule has 41 heavy (non-hydrogen) atoms. The van der Waals surface area contributed by atoms with E-state index in [1.165, 1.54) is 41.9 Å². The number of carbonyl (C=O) groups excluding carboxylic acids is 1. The number of halogens is 2. The number of rotatable bonds is 9. The zero-order chi connectivity index (χ0) is 28.7. The maximum atomic E-state index is 14.6. The minimum atomic E-state index is -1.15. The summed E-state index contributed by atoms with van der Waals surface area (Å²) in [4.78, 5) is 33.0. The lowest BCUT2D eigenvalue weighted by molar-refractivity contribution is -0.0683. The van der Waals surface area contributed by atoms with E-state index in [0.717, 1.165) is 23.8 Å². The van der Waals surface area contributed by atoms with Gasteiger partial charge in [-0.1, -0.05) is 0 Å². The molecule has 2 atom stereocenters. The quantitative estimate of drug-likeness (QED) is 0.344. The lowest BCUT2D eigenvalue weighted by atomic mass is 10.2. The maximum absolute atomic E-state index is 14.6. The number of ether oxygens (including phenoxy) is 2. The Morgan fingerprint density at radius 3 is 2.71 bits per heavy atom. The van der Waals surface area contributed by atoms with Crippen molar-refractivity contribution in [3.8, 4) is 5.75 Å². The number of amides is 2. The number of nitrogens with two attached hydrogens (primary N) is 1. The second-order valence-corrected chi connectivity index (χ2v) is 10.6. The van der Waals surface area contributed by atoms with Crippen molar-refractivity contribution in [1.82, 2.24) is 29.8 Å². The van der Waals surface area contributed by atoms with Crippen molar-refractivity contribution in [2.45, 2.75) is 12.6 Å². The van der Waals surface area contributed by atoms with Gasteiger partial charge in [0.2, 0.25) is 12.6 Å². The highest BCUT2D eigenvalue weighted by Crippen LogP contribution is 2.38. The van der Waals surface area contributed by atoms with Crippen molar-refractivity contribution >= 4 is 40.9 Å². The van der Waals surface area contributed by atoms with Gasteiger partial charge in [0, 0.05) is 76.8 Å². The number of carbonyl (C=O) groups is 1. The van der Waals surface area contributed by atoms with E-state index < -0.39 is 25.1 Å². The maximum Gasteiger partial charge on any atom is 0.341 e. The summed E-state index contributed by atoms with van der Waals surface area (Å²) in [5, 5.41) is 7.30. The van der Waals surface area contributed by atoms with Crippen LogP contribution in [-0.2, 0) is 4.74 Å². The Bertz CT molecular complexity index is 1380. The first-order valence-corrected chi connectivity index (χ1v) is 13.9. The molecule has 5 heterocycles. The number of piperazine rings is 1. The van der Waals surface area contributed by atoms with Crippen molar-refractivity contribution in [1.29, 1.82) is 0 Å². The van der Waals surface area contributed by atoms with E-state index in [2.05, 4.69) is 19.8 Å². The van der Waals surface area contributed by atoms with Gasteiger partial charge in [-0.05, 0) is 12.1 Å². The van der Waals surface area contributed by atoms with E-state index in [1.807, 2.05) is 10.4 Å². The summed E-state index contributed by atoms with van der Waals surface area (Å²) < 4.78 is 37.5. The number of hydrogen-bond donors (Lipinski definition) is 1. The second-order valence-electron chi connectivity index (χ2n) is 9.71. The van der Waals surface area contributed by atoms with E-state index in [0.29, 0.717) is 43.4 Å². The number of aromatic nitrogens is 1. The molecule has 0 aliphatic carbocycles. The molecule has 0 spiro atoms. The Balaban J connectivity index is 1.08. The molecule has 2 N–H and O–H groups in total. The van der Waals surface area contributed by atoms with Gasteiger partial charge in [-0.25, -0.2) is 49.4 Å². The van der Waals surface area contributed by atoms with Crippen LogP contribution in [0.15, 0.2) is 45.5 Å². The number of methoxy groups -OCH3 is 1. The minimum absolute atomic E-state index is 0.0552. The van der Waals surface area contributed by atoms with Gasteiger partial charge in [-0.15, -0.1) is 11.3 Å². The number of amidine groups is 1. The lowest BCUT2D eigenvalue weighted by Gasteiger charge is -2.36. The van der Waals surface area contributed by atoms with Crippen LogP contribution in [-0.4, -0.2) is 121 Å². The molecule has 0 radical (unpaired) electrons. The monoisotopic (exact) mass is 588 g/mol. The van der Waals surface area contributed by atoms with Gasteiger partial charge in [-0.3, -0.25) is 9.80 Å². The summed E-state index contributed by atoms with van der Waals surface area (Å²) >= 11 is 1.45. The number of hydrazine groups is 2. The standard InChI is InChI=1S/C25H30F2N10O3S/c1-32-25(38)35(24-31-22-21(37(24)32)20(30-15-36(22)28)23-29-5-12-41-23)11-8-33-6-9-34(10-7-33)16-3-4-18(17(27)13-16)40-19(14-26)39-2/h3-5,12-13,15,19,24H,6-11,14,28H2,1-2H3. The Morgan fingerprint density at radius 1 is 1.22 bits per heavy atom. The molecule has 4 aliphatic heterocycles. The van der Waals surface area contributed by atoms with Gasteiger partial charge in [0.1, 0.15) is 22.7 Å². The van der Waals surface area contributed by atoms with Gasteiger partial charge in [0.05, 0.1) is 0 Å². The third-order valence-electron chi connectivity index (χ3n) is 7.39. The van der Waals surface area contributed by atoms with Gasteiger partial charge in [0.15, 0.2) is 24.1 Å². The highest BCUT2D eigenvalue weighted by Gasteiger charge is 2.51. The number of thiazole rings is 1. The van der Waals surface area contributed by atoms with Crippen molar-refractivity contribution in [2.75, 3.05) is 65.0 Å². The number of benzene rings is 1. The Kier molecular flexibility index (Phi) is 7.46. The van der Waals surface area contributed by atoms with Crippen LogP contribution in [0, 0.1) is 5.82 Å². The zero-order valence-electron chi connectivity index (χ0n) is 22.6. The molecule has 4 aliphatic rings. The fourth-order valence-corrected chi connectivity index (χ4v) is 5.85. The Labute approximate surface area is 239 Å². The summed E-state index contributed by atoms with van der Waals surface area (Å²) in [5.74, 6) is 6.05. The summed E-state index contributed by atoms with van der Waals surface area (Å²) in [6, 6.07) is 4.47. The van der Waals surface area contributed by atoms with Crippen LogP contribution in [0.1, 0.15) is 5.01 Å². The molecule has 0 bridgehead atoms. The normalized spacial score (nSPS) is 21.6.